The Morgan fingerprint density at radius 1 is 1.47 bits per heavy atom. The second kappa shape index (κ2) is 7.75. The van der Waals surface area contributed by atoms with E-state index in [-0.39, 0.29) is 11.6 Å². The number of quaternary nitrogens is 1. The molecule has 0 bridgehead atoms. The highest BCUT2D eigenvalue weighted by Gasteiger charge is 2.22. The molecule has 0 aromatic rings. The Morgan fingerprint density at radius 2 is 2.00 bits per heavy atom. The van der Waals surface area contributed by atoms with E-state index < -0.39 is 19.8 Å². The van der Waals surface area contributed by atoms with Crippen molar-refractivity contribution in [1.29, 1.82) is 0 Å². The summed E-state index contributed by atoms with van der Waals surface area (Å²) >= 11 is 0. The number of esters is 1. The first-order chi connectivity index (χ1) is 8.56. The highest BCUT2D eigenvalue weighted by atomic mass is 31.1. The number of carbonyl (C=O) groups excluding carboxylic acids is 1. The Balaban J connectivity index is 4.65. The second-order valence-electron chi connectivity index (χ2n) is 5.64. The molecule has 0 heterocycles. The summed E-state index contributed by atoms with van der Waals surface area (Å²) in [6.45, 7) is 7.23. The summed E-state index contributed by atoms with van der Waals surface area (Å²) in [5, 5.41) is 9.80. The maximum absolute atomic E-state index is 12.0. The molecule has 0 saturated heterocycles. The average molecular weight is 290 g/mol. The zero-order chi connectivity index (χ0) is 15.2. The van der Waals surface area contributed by atoms with Crippen LogP contribution in [0.3, 0.4) is 0 Å². The summed E-state index contributed by atoms with van der Waals surface area (Å²) in [4.78, 5) is 23.4. The summed E-state index contributed by atoms with van der Waals surface area (Å²) in [6, 6.07) is 0. The van der Waals surface area contributed by atoms with Gasteiger partial charge in [-0.2, -0.15) is 0 Å². The minimum atomic E-state index is -1.90. The fourth-order valence-electron chi connectivity index (χ4n) is 1.30. The van der Waals surface area contributed by atoms with Crippen LogP contribution in [0.25, 0.3) is 0 Å². The van der Waals surface area contributed by atoms with Gasteiger partial charge in [0.15, 0.2) is 6.54 Å². The Morgan fingerprint density at radius 3 is 2.37 bits per heavy atom. The molecule has 0 aromatic carbocycles. The van der Waals surface area contributed by atoms with Crippen molar-refractivity contribution in [2.24, 2.45) is 0 Å². The molecule has 0 spiro atoms. The highest BCUT2D eigenvalue weighted by Crippen LogP contribution is 2.19. The lowest BCUT2D eigenvalue weighted by Crippen LogP contribution is -2.40. The predicted molar refractivity (Wildman–Crippen MR) is 76.6 cm³/mol. The van der Waals surface area contributed by atoms with Crippen molar-refractivity contribution in [2.75, 3.05) is 33.8 Å². The third kappa shape index (κ3) is 8.11. The summed E-state index contributed by atoms with van der Waals surface area (Å²) in [6.07, 6.45) is 0.247. The Hall–Kier alpha value is -0.740. The normalized spacial score (nSPS) is 14.7. The van der Waals surface area contributed by atoms with Crippen molar-refractivity contribution < 1.29 is 24.0 Å². The van der Waals surface area contributed by atoms with Gasteiger partial charge in [-0.3, -0.25) is 0 Å². The van der Waals surface area contributed by atoms with Gasteiger partial charge in [-0.05, 0) is 13.3 Å². The summed E-state index contributed by atoms with van der Waals surface area (Å²) in [5.74, 6) is -0.485. The van der Waals surface area contributed by atoms with E-state index in [4.69, 9.17) is 4.74 Å². The molecule has 0 saturated carbocycles. The summed E-state index contributed by atoms with van der Waals surface area (Å²) in [5.41, 5.74) is 0.278. The molecular formula is C13H25NO4P+. The second-order valence-corrected chi connectivity index (χ2v) is 7.28. The number of ether oxygens (including phenoxy) is 1. The van der Waals surface area contributed by atoms with Crippen LogP contribution in [-0.2, 0) is 9.53 Å². The van der Waals surface area contributed by atoms with Gasteiger partial charge in [-0.15, -0.1) is 0 Å². The van der Waals surface area contributed by atoms with Gasteiger partial charge in [0.25, 0.3) is 5.48 Å². The van der Waals surface area contributed by atoms with Crippen LogP contribution in [0.15, 0.2) is 12.2 Å². The molecule has 2 atom stereocenters. The standard InChI is InChI=1S/C13H24NO4P/c1-7-11(18-13(16)10(2)3)9-19(17)12(15)8-14(4,5)6/h11H,2,7-9H2,1,3-6H3/p+1. The van der Waals surface area contributed by atoms with Gasteiger partial charge in [0.1, 0.15) is 12.3 Å². The van der Waals surface area contributed by atoms with E-state index in [2.05, 4.69) is 6.58 Å². The number of aliphatic hydroxyl groups excluding tert-OH is 1. The van der Waals surface area contributed by atoms with Crippen LogP contribution >= 0.6 is 7.77 Å². The molecule has 5 nitrogen and oxygen atoms in total. The molecule has 0 rings (SSSR count). The van der Waals surface area contributed by atoms with E-state index in [0.29, 0.717) is 23.0 Å². The first-order valence-corrected chi connectivity index (χ1v) is 7.67. The van der Waals surface area contributed by atoms with E-state index in [1.54, 1.807) is 6.92 Å². The van der Waals surface area contributed by atoms with E-state index in [1.807, 2.05) is 28.1 Å². The van der Waals surface area contributed by atoms with Crippen molar-refractivity contribution >= 4 is 19.2 Å². The van der Waals surface area contributed by atoms with E-state index in [0.717, 1.165) is 0 Å². The molecule has 0 fully saturated rings. The van der Waals surface area contributed by atoms with E-state index in [9.17, 15) is 14.8 Å². The SMILES string of the molecule is C=C(C)C(=O)OC(CC)C/[P+]([O-])=C(\O)C[N+](C)(C)C. The minimum absolute atomic E-state index is 0.0349. The van der Waals surface area contributed by atoms with Gasteiger partial charge < -0.3 is 19.2 Å². The molecule has 0 aliphatic carbocycles. The largest absolute Gasteiger partial charge is 0.628 e. The molecular weight excluding hydrogens is 265 g/mol. The Labute approximate surface area is 116 Å². The highest BCUT2D eigenvalue weighted by molar-refractivity contribution is 7.51. The third-order valence-corrected chi connectivity index (χ3v) is 3.81. The zero-order valence-corrected chi connectivity index (χ0v) is 13.4. The molecule has 6 heteroatoms. The summed E-state index contributed by atoms with van der Waals surface area (Å²) < 4.78 is 5.66. The Kier molecular flexibility index (Phi) is 7.45. The smallest absolute Gasteiger partial charge is 0.333 e. The zero-order valence-electron chi connectivity index (χ0n) is 12.5. The van der Waals surface area contributed by atoms with Gasteiger partial charge in [-0.25, -0.2) is 4.79 Å². The maximum Gasteiger partial charge on any atom is 0.333 e. The predicted octanol–water partition coefficient (Wildman–Crippen LogP) is 0.850. The van der Waals surface area contributed by atoms with Crippen LogP contribution in [0, 0.1) is 0 Å². The van der Waals surface area contributed by atoms with Gasteiger partial charge in [0.05, 0.1) is 28.9 Å². The number of hydrogen-bond acceptors (Lipinski definition) is 3. The number of likely N-dealkylation sites (N-methyl/N-ethyl adjacent to an activating group) is 1. The molecule has 0 aliphatic rings. The Bertz CT molecular complexity index is 371. The number of hydrogen-bond donors (Lipinski definition) is 1. The third-order valence-electron chi connectivity index (χ3n) is 2.35. The van der Waals surface area contributed by atoms with Crippen molar-refractivity contribution in [3.8, 4) is 0 Å². The number of aliphatic hydroxyl groups is 1. The van der Waals surface area contributed by atoms with Crippen LogP contribution < -0.4 is 4.89 Å². The minimum Gasteiger partial charge on any atom is -0.628 e. The van der Waals surface area contributed by atoms with Crippen molar-refractivity contribution in [3.63, 3.8) is 0 Å². The van der Waals surface area contributed by atoms with Gasteiger partial charge >= 0.3 is 5.97 Å². The lowest BCUT2D eigenvalue weighted by atomic mass is 10.3. The fourth-order valence-corrected chi connectivity index (χ4v) is 2.79. The lowest BCUT2D eigenvalue weighted by molar-refractivity contribution is -0.861. The summed E-state index contributed by atoms with van der Waals surface area (Å²) in [7, 11) is 3.80. The van der Waals surface area contributed by atoms with Crippen LogP contribution in [-0.4, -0.2) is 61.0 Å². The first-order valence-electron chi connectivity index (χ1n) is 6.23. The van der Waals surface area contributed by atoms with Gasteiger partial charge in [0.2, 0.25) is 0 Å². The van der Waals surface area contributed by atoms with Crippen LogP contribution in [0.5, 0.6) is 0 Å². The number of nitrogens with zero attached hydrogens (tertiary/aromatic N) is 1. The van der Waals surface area contributed by atoms with Gasteiger partial charge in [0, 0.05) is 5.57 Å². The van der Waals surface area contributed by atoms with Gasteiger partial charge in [-0.1, -0.05) is 13.5 Å². The molecule has 1 N–H and O–H groups in total. The van der Waals surface area contributed by atoms with Crippen molar-refractivity contribution in [3.05, 3.63) is 12.2 Å². The fraction of sp³-hybridized carbons (Fsp3) is 0.692. The number of rotatable bonds is 7. The average Bonchev–Trinajstić information content (AvgIpc) is 2.25. The molecule has 2 unspecified atom stereocenters. The molecule has 110 valence electrons. The molecule has 0 amide bonds. The first kappa shape index (κ1) is 18.3. The monoisotopic (exact) mass is 290 g/mol. The van der Waals surface area contributed by atoms with Crippen molar-refractivity contribution in [1.82, 2.24) is 0 Å². The lowest BCUT2D eigenvalue weighted by Gasteiger charge is -2.22. The van der Waals surface area contributed by atoms with E-state index >= 15 is 0 Å². The number of carbonyl (C=O) groups is 1. The van der Waals surface area contributed by atoms with Crippen LogP contribution in [0.1, 0.15) is 20.3 Å². The van der Waals surface area contributed by atoms with Crippen molar-refractivity contribution in [2.45, 2.75) is 26.4 Å². The molecule has 0 radical (unpaired) electrons. The van der Waals surface area contributed by atoms with E-state index in [1.165, 1.54) is 0 Å². The van der Waals surface area contributed by atoms with Crippen LogP contribution in [0.2, 0.25) is 0 Å². The molecule has 0 aliphatic heterocycles. The van der Waals surface area contributed by atoms with Crippen LogP contribution in [0.4, 0.5) is 0 Å². The molecule has 19 heavy (non-hydrogen) atoms. The quantitative estimate of drug-likeness (QED) is 0.327. The maximum atomic E-state index is 12.0. The topological polar surface area (TPSA) is 69.6 Å². The molecule has 0 aromatic heterocycles.